The number of pyridine rings is 4. The van der Waals surface area contributed by atoms with Gasteiger partial charge in [0.05, 0.1) is 18.8 Å². The molecule has 1 aliphatic rings. The van der Waals surface area contributed by atoms with Crippen molar-refractivity contribution < 1.29 is 17.9 Å². The molecule has 11 nitrogen and oxygen atoms in total. The first kappa shape index (κ1) is 69.4. The topological polar surface area (TPSA) is 112 Å². The van der Waals surface area contributed by atoms with Crippen molar-refractivity contribution in [2.24, 2.45) is 0 Å². The number of aromatic nitrogens is 6. The highest BCUT2D eigenvalue weighted by Gasteiger charge is 2.32. The van der Waals surface area contributed by atoms with E-state index in [2.05, 4.69) is 171 Å². The normalized spacial score (nSPS) is 12.0. The molecule has 0 saturated carbocycles. The Hall–Kier alpha value is -7.40. The van der Waals surface area contributed by atoms with Crippen molar-refractivity contribution in [3.63, 3.8) is 0 Å². The molecule has 0 bridgehead atoms. The van der Waals surface area contributed by atoms with Crippen molar-refractivity contribution >= 4 is 28.5 Å². The van der Waals surface area contributed by atoms with Gasteiger partial charge in [0, 0.05) is 73.8 Å². The van der Waals surface area contributed by atoms with Gasteiger partial charge in [0.15, 0.2) is 0 Å². The first-order valence-corrected chi connectivity index (χ1v) is 31.5. The lowest BCUT2D eigenvalue weighted by Gasteiger charge is -2.16. The highest BCUT2D eigenvalue weighted by Crippen LogP contribution is 2.31. The van der Waals surface area contributed by atoms with Crippen LogP contribution >= 0.6 is 22.7 Å². The fraction of sp³-hybridized carbons (Fsp3) is 0.386. The van der Waals surface area contributed by atoms with Crippen LogP contribution in [-0.4, -0.2) is 55.4 Å². The number of ether oxygens (including phenoxy) is 1. The van der Waals surface area contributed by atoms with Gasteiger partial charge in [0.2, 0.25) is 0 Å². The molecule has 0 atom stereocenters. The van der Waals surface area contributed by atoms with Crippen LogP contribution in [0.2, 0.25) is 0 Å². The predicted molar refractivity (Wildman–Crippen MR) is 352 cm³/mol. The molecule has 10 rings (SSSR count). The van der Waals surface area contributed by atoms with Gasteiger partial charge in [-0.05, 0) is 160 Å². The standard InChI is InChI=1S/C13H16N2.C13H15NOS.C12H18N2.C12H13NOS.C10H11F3O.C10H16N2/c1-11(2)13-6-4-12(5-7-13)10-15-9-3-8-14-15;1-10(2)11-7-12(16-9-11)8-14-6-4-3-5-13(14)15;1-10(2)11-5-6-12(13-9-11)14-7-3-4-8-14;1-9(2)10-7-12(15-8-10)13-6-4-3-5-11(13)14;1-7(2)8-5-3-4-6-9(8)14-10(11,12)13;1-8(2)9-4-5-12-10(6-9)7-11-3/h3-9,11H,10H2,1-2H3;3-7,9-10H,8H2,1-2H3;5-6,9-10H,3-4,7-8H2,1-2H3;3-9H,1-2H3;3-7H,1-2H3;4-6,8,11H,7H2,1-3H3. The lowest BCUT2D eigenvalue weighted by molar-refractivity contribution is -0.274. The maximum absolute atomic E-state index is 12.0. The summed E-state index contributed by atoms with van der Waals surface area (Å²) in [4.78, 5) is 35.5. The molecule has 86 heavy (non-hydrogen) atoms. The Morgan fingerprint density at radius 3 is 1.72 bits per heavy atom. The van der Waals surface area contributed by atoms with E-state index in [1.807, 2.05) is 74.8 Å². The number of anilines is 1. The fourth-order valence-corrected chi connectivity index (χ4v) is 10.8. The van der Waals surface area contributed by atoms with Gasteiger partial charge >= 0.3 is 6.36 Å². The summed E-state index contributed by atoms with van der Waals surface area (Å²) in [5.74, 6) is 3.87. The molecule has 460 valence electrons. The maximum Gasteiger partial charge on any atom is 0.573 e. The first-order chi connectivity index (χ1) is 41.0. The minimum absolute atomic E-state index is 0.00792. The molecular formula is C70H89F3N8O3S2. The van der Waals surface area contributed by atoms with Crippen LogP contribution in [0, 0.1) is 0 Å². The van der Waals surface area contributed by atoms with Crippen LogP contribution in [0.25, 0.3) is 5.00 Å². The molecule has 0 amide bonds. The Morgan fingerprint density at radius 1 is 0.570 bits per heavy atom. The van der Waals surface area contributed by atoms with Crippen molar-refractivity contribution in [1.29, 1.82) is 0 Å². The Labute approximate surface area is 516 Å². The number of hydrogen-bond acceptors (Lipinski definition) is 10. The van der Waals surface area contributed by atoms with Crippen LogP contribution in [0.15, 0.2) is 185 Å². The smallest absolute Gasteiger partial charge is 0.405 e. The highest BCUT2D eigenvalue weighted by molar-refractivity contribution is 7.12. The number of hydrogen-bond donors (Lipinski definition) is 1. The number of halogens is 3. The van der Waals surface area contributed by atoms with Crippen molar-refractivity contribution in [2.75, 3.05) is 25.0 Å². The molecule has 1 saturated heterocycles. The number of para-hydroxylation sites is 1. The van der Waals surface area contributed by atoms with Crippen LogP contribution in [-0.2, 0) is 19.6 Å². The Bertz CT molecular complexity index is 3450. The molecule has 9 aromatic rings. The summed E-state index contributed by atoms with van der Waals surface area (Å²) in [7, 11) is 1.93. The molecule has 1 N–H and O–H groups in total. The molecule has 8 heterocycles. The summed E-state index contributed by atoms with van der Waals surface area (Å²) in [5, 5.41) is 12.5. The monoisotopic (exact) mass is 1210 g/mol. The molecule has 16 heteroatoms. The third kappa shape index (κ3) is 23.8. The summed E-state index contributed by atoms with van der Waals surface area (Å²) >= 11 is 3.33. The van der Waals surface area contributed by atoms with E-state index >= 15 is 0 Å². The first-order valence-electron chi connectivity index (χ1n) is 29.7. The van der Waals surface area contributed by atoms with E-state index in [9.17, 15) is 22.8 Å². The van der Waals surface area contributed by atoms with E-state index in [0.717, 1.165) is 29.6 Å². The van der Waals surface area contributed by atoms with Gasteiger partial charge in [-0.25, -0.2) is 4.98 Å². The Kier molecular flexibility index (Phi) is 28.5. The quantitative estimate of drug-likeness (QED) is 0.108. The van der Waals surface area contributed by atoms with E-state index in [-0.39, 0.29) is 22.8 Å². The number of alkyl halides is 3. The van der Waals surface area contributed by atoms with E-state index in [4.69, 9.17) is 0 Å². The predicted octanol–water partition coefficient (Wildman–Crippen LogP) is 17.6. The van der Waals surface area contributed by atoms with E-state index in [0.29, 0.717) is 41.7 Å². The van der Waals surface area contributed by atoms with Gasteiger partial charge in [0.25, 0.3) is 11.1 Å². The summed E-state index contributed by atoms with van der Waals surface area (Å²) in [5.41, 5.74) is 9.76. The average Bonchev–Trinajstić information content (AvgIpc) is 3.75. The van der Waals surface area contributed by atoms with Crippen LogP contribution in [0.4, 0.5) is 19.0 Å². The molecule has 2 aromatic carbocycles. The lowest BCUT2D eigenvalue weighted by Crippen LogP contribution is -2.18. The van der Waals surface area contributed by atoms with Gasteiger partial charge in [-0.2, -0.15) is 5.10 Å². The molecule has 0 unspecified atom stereocenters. The van der Waals surface area contributed by atoms with Crippen LogP contribution in [0.3, 0.4) is 0 Å². The van der Waals surface area contributed by atoms with Crippen molar-refractivity contribution in [1.82, 2.24) is 34.2 Å². The Balaban J connectivity index is 0.000000189. The summed E-state index contributed by atoms with van der Waals surface area (Å²) in [6.07, 6.45) is 9.32. The summed E-state index contributed by atoms with van der Waals surface area (Å²) in [6.45, 7) is 30.2. The van der Waals surface area contributed by atoms with Gasteiger partial charge in [-0.15, -0.1) is 35.8 Å². The van der Waals surface area contributed by atoms with Gasteiger partial charge < -0.3 is 19.5 Å². The number of nitrogens with zero attached hydrogens (tertiary/aromatic N) is 7. The van der Waals surface area contributed by atoms with Crippen LogP contribution < -0.4 is 26.1 Å². The van der Waals surface area contributed by atoms with Gasteiger partial charge in [-0.3, -0.25) is 23.8 Å². The molecule has 0 radical (unpaired) electrons. The Morgan fingerprint density at radius 2 is 1.17 bits per heavy atom. The number of rotatable bonds is 15. The molecule has 1 aliphatic heterocycles. The second-order valence-electron chi connectivity index (χ2n) is 22.9. The molecule has 0 spiro atoms. The average molecular weight is 1210 g/mol. The minimum atomic E-state index is -4.62. The van der Waals surface area contributed by atoms with Crippen molar-refractivity contribution in [2.45, 2.75) is 157 Å². The summed E-state index contributed by atoms with van der Waals surface area (Å²) in [6, 6.07) is 40.2. The zero-order valence-corrected chi connectivity index (χ0v) is 54.1. The van der Waals surface area contributed by atoms with Gasteiger partial charge in [-0.1, -0.05) is 144 Å². The maximum atomic E-state index is 12.0. The molecular weight excluding hydrogens is 1120 g/mol. The minimum Gasteiger partial charge on any atom is -0.405 e. The molecule has 7 aromatic heterocycles. The second-order valence-corrected chi connectivity index (χ2v) is 24.7. The van der Waals surface area contributed by atoms with E-state index in [1.54, 1.807) is 74.4 Å². The number of benzene rings is 2. The number of thiophene rings is 2. The summed E-state index contributed by atoms with van der Waals surface area (Å²) < 4.78 is 45.1. The fourth-order valence-electron chi connectivity index (χ4n) is 8.69. The van der Waals surface area contributed by atoms with Gasteiger partial charge in [0.1, 0.15) is 16.6 Å². The SMILES string of the molecule is CC(C)c1ccc(Cn2cccn2)cc1.CC(C)c1ccc(N2CCCC2)nc1.CC(C)c1ccccc1OC(F)(F)F.CC(C)c1csc(-n2ccccc2=O)c1.CC(C)c1csc(Cn2ccccc2=O)c1.CNCc1cc(C(C)C)ccn1. The van der Waals surface area contributed by atoms with E-state index in [1.165, 1.54) is 76.3 Å². The number of nitrogens with one attached hydrogen (secondary N) is 1. The highest BCUT2D eigenvalue weighted by atomic mass is 32.1. The molecule has 1 fully saturated rings. The van der Waals surface area contributed by atoms with Crippen LogP contribution in [0.1, 0.15) is 181 Å². The second kappa shape index (κ2) is 35.3. The lowest BCUT2D eigenvalue weighted by atomic mass is 10.0. The van der Waals surface area contributed by atoms with Crippen molar-refractivity contribution in [3.05, 3.63) is 246 Å². The third-order valence-corrected chi connectivity index (χ3v) is 15.8. The largest absolute Gasteiger partial charge is 0.573 e. The van der Waals surface area contributed by atoms with Crippen molar-refractivity contribution in [3.8, 4) is 10.8 Å². The zero-order valence-electron chi connectivity index (χ0n) is 52.5. The van der Waals surface area contributed by atoms with Crippen LogP contribution in [0.5, 0.6) is 5.75 Å². The third-order valence-electron chi connectivity index (χ3n) is 13.9. The molecule has 0 aliphatic carbocycles. The zero-order chi connectivity index (χ0) is 62.8. The van der Waals surface area contributed by atoms with E-state index < -0.39 is 6.36 Å².